The summed E-state index contributed by atoms with van der Waals surface area (Å²) in [6.07, 6.45) is 0. The number of furan rings is 1. The maximum Gasteiger partial charge on any atom is 0.179 e. The Labute approximate surface area is 133 Å². The molecule has 0 aliphatic rings. The molecule has 0 saturated heterocycles. The van der Waals surface area contributed by atoms with E-state index in [0.29, 0.717) is 17.2 Å². The van der Waals surface area contributed by atoms with Crippen molar-refractivity contribution < 1.29 is 4.42 Å². The minimum absolute atomic E-state index is 0.320. The van der Waals surface area contributed by atoms with Crippen molar-refractivity contribution in [2.45, 2.75) is 0 Å². The molecule has 0 unspecified atom stereocenters. The van der Waals surface area contributed by atoms with Crippen molar-refractivity contribution in [1.29, 1.82) is 5.41 Å². The molecule has 0 radical (unpaired) electrons. The molecule has 3 aromatic carbocycles. The molecule has 110 valence electrons. The van der Waals surface area contributed by atoms with Gasteiger partial charge in [-0.15, -0.1) is 0 Å². The standard InChI is InChI=1S/C20H14N2O/c1-22-19-16-10-4-5-12-17(16)23-20(19)18(21)15-11-6-8-13-7-2-3-9-14(13)15/h2-12,21H,1H2. The molecule has 3 heteroatoms. The number of hydrogen-bond donors (Lipinski definition) is 1. The highest BCUT2D eigenvalue weighted by Crippen LogP contribution is 2.35. The number of nitrogens with zero attached hydrogens (tertiary/aromatic N) is 1. The van der Waals surface area contributed by atoms with Crippen LogP contribution in [-0.2, 0) is 0 Å². The third-order valence-electron chi connectivity index (χ3n) is 4.01. The zero-order chi connectivity index (χ0) is 15.8. The van der Waals surface area contributed by atoms with Gasteiger partial charge in [0.15, 0.2) is 5.76 Å². The predicted molar refractivity (Wildman–Crippen MR) is 95.3 cm³/mol. The Balaban J connectivity index is 1.97. The number of aliphatic imine (C=N–C) groups is 1. The highest BCUT2D eigenvalue weighted by molar-refractivity contribution is 6.20. The molecule has 0 atom stereocenters. The lowest BCUT2D eigenvalue weighted by Crippen LogP contribution is -2.01. The van der Waals surface area contributed by atoms with Gasteiger partial charge in [0.1, 0.15) is 17.0 Å². The van der Waals surface area contributed by atoms with Gasteiger partial charge in [0, 0.05) is 10.9 Å². The van der Waals surface area contributed by atoms with Gasteiger partial charge < -0.3 is 4.42 Å². The second-order valence-electron chi connectivity index (χ2n) is 5.34. The van der Waals surface area contributed by atoms with Gasteiger partial charge in [-0.1, -0.05) is 54.6 Å². The van der Waals surface area contributed by atoms with Gasteiger partial charge in [-0.2, -0.15) is 0 Å². The normalized spacial score (nSPS) is 11.0. The zero-order valence-corrected chi connectivity index (χ0v) is 12.4. The van der Waals surface area contributed by atoms with Crippen LogP contribution in [0.1, 0.15) is 11.3 Å². The van der Waals surface area contributed by atoms with Gasteiger partial charge >= 0.3 is 0 Å². The van der Waals surface area contributed by atoms with E-state index in [1.165, 1.54) is 0 Å². The van der Waals surface area contributed by atoms with Crippen LogP contribution in [0.15, 0.2) is 76.1 Å². The number of benzene rings is 3. The molecule has 23 heavy (non-hydrogen) atoms. The highest BCUT2D eigenvalue weighted by atomic mass is 16.3. The van der Waals surface area contributed by atoms with E-state index in [-0.39, 0.29) is 0 Å². The lowest BCUT2D eigenvalue weighted by Gasteiger charge is -2.07. The first kappa shape index (κ1) is 13.5. The van der Waals surface area contributed by atoms with E-state index < -0.39 is 0 Å². The van der Waals surface area contributed by atoms with Crippen molar-refractivity contribution in [3.8, 4) is 0 Å². The van der Waals surface area contributed by atoms with Crippen molar-refractivity contribution in [3.63, 3.8) is 0 Å². The predicted octanol–water partition coefficient (Wildman–Crippen LogP) is 5.33. The van der Waals surface area contributed by atoms with Crippen LogP contribution >= 0.6 is 0 Å². The fourth-order valence-corrected chi connectivity index (χ4v) is 2.92. The summed E-state index contributed by atoms with van der Waals surface area (Å²) in [7, 11) is 0. The molecular formula is C20H14N2O. The summed E-state index contributed by atoms with van der Waals surface area (Å²) in [5.41, 5.74) is 2.49. The number of rotatable bonds is 3. The van der Waals surface area contributed by atoms with Crippen LogP contribution in [0.5, 0.6) is 0 Å². The number of nitrogens with one attached hydrogen (secondary N) is 1. The minimum atomic E-state index is 0.320. The lowest BCUT2D eigenvalue weighted by molar-refractivity contribution is 0.605. The SMILES string of the molecule is C=Nc1c(C(=N)c2cccc3ccccc23)oc2ccccc12. The van der Waals surface area contributed by atoms with Gasteiger partial charge in [-0.3, -0.25) is 10.4 Å². The molecular weight excluding hydrogens is 284 g/mol. The van der Waals surface area contributed by atoms with E-state index in [0.717, 1.165) is 27.3 Å². The van der Waals surface area contributed by atoms with Crippen LogP contribution in [0, 0.1) is 5.41 Å². The maximum atomic E-state index is 8.65. The van der Waals surface area contributed by atoms with Crippen molar-refractivity contribution in [1.82, 2.24) is 0 Å². The summed E-state index contributed by atoms with van der Waals surface area (Å²) >= 11 is 0. The van der Waals surface area contributed by atoms with Crippen LogP contribution in [0.2, 0.25) is 0 Å². The Bertz CT molecular complexity index is 1050. The Hall–Kier alpha value is -3.20. The molecule has 1 N–H and O–H groups in total. The molecule has 3 nitrogen and oxygen atoms in total. The second kappa shape index (κ2) is 5.21. The third-order valence-corrected chi connectivity index (χ3v) is 4.01. The van der Waals surface area contributed by atoms with Crippen LogP contribution in [0.3, 0.4) is 0 Å². The van der Waals surface area contributed by atoms with Crippen LogP contribution < -0.4 is 0 Å². The van der Waals surface area contributed by atoms with E-state index in [1.807, 2.05) is 66.7 Å². The summed E-state index contributed by atoms with van der Waals surface area (Å²) in [6, 6.07) is 21.6. The lowest BCUT2D eigenvalue weighted by atomic mass is 9.99. The van der Waals surface area contributed by atoms with Crippen molar-refractivity contribution in [2.75, 3.05) is 0 Å². The first-order valence-electron chi connectivity index (χ1n) is 7.35. The first-order valence-corrected chi connectivity index (χ1v) is 7.35. The Morgan fingerprint density at radius 2 is 1.57 bits per heavy atom. The van der Waals surface area contributed by atoms with E-state index in [4.69, 9.17) is 9.83 Å². The first-order chi connectivity index (χ1) is 11.3. The molecule has 4 aromatic rings. The average molecular weight is 298 g/mol. The Kier molecular flexibility index (Phi) is 3.05. The van der Waals surface area contributed by atoms with E-state index >= 15 is 0 Å². The van der Waals surface area contributed by atoms with Gasteiger partial charge in [-0.05, 0) is 29.6 Å². The minimum Gasteiger partial charge on any atom is -0.452 e. The molecule has 0 aliphatic carbocycles. The van der Waals surface area contributed by atoms with E-state index in [9.17, 15) is 0 Å². The largest absolute Gasteiger partial charge is 0.452 e. The van der Waals surface area contributed by atoms with Crippen LogP contribution in [0.4, 0.5) is 5.69 Å². The van der Waals surface area contributed by atoms with Crippen LogP contribution in [0.25, 0.3) is 21.7 Å². The molecule has 1 aromatic heterocycles. The smallest absolute Gasteiger partial charge is 0.179 e. The number of para-hydroxylation sites is 1. The zero-order valence-electron chi connectivity index (χ0n) is 12.4. The summed E-state index contributed by atoms with van der Waals surface area (Å²) in [6.45, 7) is 3.65. The summed E-state index contributed by atoms with van der Waals surface area (Å²) in [4.78, 5) is 4.10. The highest BCUT2D eigenvalue weighted by Gasteiger charge is 2.19. The molecule has 0 bridgehead atoms. The second-order valence-corrected chi connectivity index (χ2v) is 5.34. The molecule has 0 saturated carbocycles. The number of fused-ring (bicyclic) bond motifs is 2. The third kappa shape index (κ3) is 2.06. The fourth-order valence-electron chi connectivity index (χ4n) is 2.92. The topological polar surface area (TPSA) is 49.4 Å². The van der Waals surface area contributed by atoms with Crippen LogP contribution in [-0.4, -0.2) is 12.4 Å². The van der Waals surface area contributed by atoms with Crippen molar-refractivity contribution in [2.24, 2.45) is 4.99 Å². The summed E-state index contributed by atoms with van der Waals surface area (Å²) in [5, 5.41) is 11.6. The van der Waals surface area contributed by atoms with Gasteiger partial charge in [0.2, 0.25) is 0 Å². The monoisotopic (exact) mass is 298 g/mol. The average Bonchev–Trinajstić information content (AvgIpc) is 2.99. The van der Waals surface area contributed by atoms with Gasteiger partial charge in [0.05, 0.1) is 0 Å². The van der Waals surface area contributed by atoms with Gasteiger partial charge in [-0.25, -0.2) is 0 Å². The Morgan fingerprint density at radius 3 is 2.39 bits per heavy atom. The van der Waals surface area contributed by atoms with Crippen molar-refractivity contribution in [3.05, 3.63) is 78.1 Å². The molecule has 0 spiro atoms. The summed E-state index contributed by atoms with van der Waals surface area (Å²) < 4.78 is 5.90. The van der Waals surface area contributed by atoms with Gasteiger partial charge in [0.25, 0.3) is 0 Å². The molecule has 0 fully saturated rings. The maximum absolute atomic E-state index is 8.65. The molecule has 0 amide bonds. The molecule has 4 rings (SSSR count). The molecule has 1 heterocycles. The van der Waals surface area contributed by atoms with Crippen molar-refractivity contribution >= 4 is 39.9 Å². The van der Waals surface area contributed by atoms with E-state index in [2.05, 4.69) is 11.7 Å². The number of hydrogen-bond acceptors (Lipinski definition) is 3. The quantitative estimate of drug-likeness (QED) is 0.510. The fraction of sp³-hybridized carbons (Fsp3) is 0. The molecule has 0 aliphatic heterocycles. The van der Waals surface area contributed by atoms with E-state index in [1.54, 1.807) is 0 Å². The Morgan fingerprint density at radius 1 is 0.870 bits per heavy atom. The summed E-state index contributed by atoms with van der Waals surface area (Å²) in [5.74, 6) is 0.456.